The number of ether oxygens (including phenoxy) is 2. The molecule has 2 saturated carbocycles. The Labute approximate surface area is 223 Å². The number of carbonyl (C=O) groups excluding carboxylic acids is 2. The monoisotopic (exact) mass is 858 g/mol. The van der Waals surface area contributed by atoms with Gasteiger partial charge in [0, 0.05) is 19.8 Å². The van der Waals surface area contributed by atoms with Gasteiger partial charge in [0.1, 0.15) is 6.10 Å². The molecule has 2 aliphatic carbocycles. The van der Waals surface area contributed by atoms with E-state index in [1.165, 1.54) is 6.92 Å². The second kappa shape index (κ2) is 18.4. The molecule has 2 aliphatic rings. The Bertz CT molecular complexity index is 665. The van der Waals surface area contributed by atoms with Crippen molar-refractivity contribution in [1.29, 1.82) is 0 Å². The molecule has 0 atom stereocenters. The largest absolute Gasteiger partial charge is 2.00 e. The minimum Gasteiger partial charge on any atom is -0.693 e. The molecule has 204 valence electrons. The molecule has 0 amide bonds. The van der Waals surface area contributed by atoms with Crippen LogP contribution in [0.15, 0.2) is 0 Å². The van der Waals surface area contributed by atoms with E-state index in [4.69, 9.17) is 20.4 Å². The van der Waals surface area contributed by atoms with Gasteiger partial charge in [-0.05, 0) is 18.8 Å². The fourth-order valence-electron chi connectivity index (χ4n) is 3.14. The van der Waals surface area contributed by atoms with Gasteiger partial charge in [-0.25, -0.2) is 0 Å². The average molecular weight is 859 g/mol. The van der Waals surface area contributed by atoms with Gasteiger partial charge >= 0.3 is 72.0 Å². The molecular formula is C16H28N4O12Pt2. The summed E-state index contributed by atoms with van der Waals surface area (Å²) in [6.07, 6.45) is -0.856. The third-order valence-corrected chi connectivity index (χ3v) is 4.80. The van der Waals surface area contributed by atoms with Crippen molar-refractivity contribution in [3.8, 4) is 0 Å². The number of carbonyl (C=O) groups is 6. The number of aliphatic carboxylic acids is 4. The number of hydrogen-bond acceptors (Lipinski definition) is 8. The van der Waals surface area contributed by atoms with Gasteiger partial charge in [0.25, 0.3) is 6.47 Å². The first kappa shape index (κ1) is 45.5. The van der Waals surface area contributed by atoms with Crippen molar-refractivity contribution >= 4 is 36.3 Å². The van der Waals surface area contributed by atoms with Crippen LogP contribution < -0.4 is 0 Å². The second-order valence-electron chi connectivity index (χ2n) is 6.73. The summed E-state index contributed by atoms with van der Waals surface area (Å²) in [7, 11) is 0. The van der Waals surface area contributed by atoms with Crippen LogP contribution in [0, 0.1) is 16.7 Å². The summed E-state index contributed by atoms with van der Waals surface area (Å²) < 4.78 is 9.10. The normalized spacial score (nSPS) is 16.0. The molecular weight excluding hydrogens is 830 g/mol. The summed E-state index contributed by atoms with van der Waals surface area (Å²) in [4.78, 5) is 63.0. The third-order valence-electron chi connectivity index (χ3n) is 4.80. The molecule has 0 heterocycles. The van der Waals surface area contributed by atoms with Crippen LogP contribution in [0.5, 0.6) is 0 Å². The van der Waals surface area contributed by atoms with Crippen LogP contribution >= 0.6 is 0 Å². The van der Waals surface area contributed by atoms with Gasteiger partial charge in [0.2, 0.25) is 0 Å². The predicted molar refractivity (Wildman–Crippen MR) is 106 cm³/mol. The molecule has 0 aliphatic heterocycles. The van der Waals surface area contributed by atoms with Gasteiger partial charge in [0.15, 0.2) is 10.8 Å². The number of esters is 1. The molecule has 0 unspecified atom stereocenters. The molecule has 2 fully saturated rings. The first-order valence-electron chi connectivity index (χ1n) is 8.07. The van der Waals surface area contributed by atoms with Gasteiger partial charge in [-0.1, -0.05) is 0 Å². The van der Waals surface area contributed by atoms with Crippen LogP contribution in [0.1, 0.15) is 32.6 Å². The van der Waals surface area contributed by atoms with Gasteiger partial charge in [-0.15, -0.1) is 0 Å². The second-order valence-corrected chi connectivity index (χ2v) is 6.73. The molecule has 12 N–H and O–H groups in total. The van der Waals surface area contributed by atoms with Crippen LogP contribution in [0.2, 0.25) is 0 Å². The molecule has 0 aromatic heterocycles. The fraction of sp³-hybridized carbons (Fsp3) is 0.625. The van der Waals surface area contributed by atoms with Crippen molar-refractivity contribution in [3.05, 3.63) is 24.6 Å². The van der Waals surface area contributed by atoms with Gasteiger partial charge in [-0.2, -0.15) is 0 Å². The minimum atomic E-state index is -1.76. The van der Waals surface area contributed by atoms with E-state index >= 15 is 0 Å². The van der Waals surface area contributed by atoms with E-state index in [1.54, 1.807) is 0 Å². The first-order valence-corrected chi connectivity index (χ1v) is 8.07. The smallest absolute Gasteiger partial charge is 0.693 e. The van der Waals surface area contributed by atoms with Crippen LogP contribution in [0.3, 0.4) is 0 Å². The summed E-state index contributed by atoms with van der Waals surface area (Å²) in [5.41, 5.74) is -3.43. The summed E-state index contributed by atoms with van der Waals surface area (Å²) in [5, 5.41) is 34.8. The summed E-state index contributed by atoms with van der Waals surface area (Å²) in [6, 6.07) is 0. The standard InChI is InChI=1S/2C8H10O6.4H2N.2Pt/c9-4-14-3-5-1-8(2-5,6(10)11)7(12)13;1-4(9)14-5-2-8(3-5,6(10)11)7(12)13;;;;;;/h4-5H,1-3H2,(H,10,11)(H,12,13);5H,2-3H2,1H3,(H,10,11)(H,12,13);4*1H2;;/q;;4*-1;2*+2. The molecule has 0 aromatic rings. The van der Waals surface area contributed by atoms with E-state index in [2.05, 4.69) is 9.47 Å². The van der Waals surface area contributed by atoms with Gasteiger partial charge in [-0.3, -0.25) is 28.8 Å². The summed E-state index contributed by atoms with van der Waals surface area (Å²) >= 11 is 0. The van der Waals surface area contributed by atoms with Crippen LogP contribution in [0.25, 0.3) is 24.6 Å². The van der Waals surface area contributed by atoms with Gasteiger partial charge < -0.3 is 54.5 Å². The zero-order chi connectivity index (χ0) is 21.7. The Morgan fingerprint density at radius 3 is 1.35 bits per heavy atom. The average Bonchev–Trinajstić information content (AvgIpc) is 2.48. The number of rotatable bonds is 8. The zero-order valence-electron chi connectivity index (χ0n) is 17.8. The van der Waals surface area contributed by atoms with Crippen molar-refractivity contribution in [3.63, 3.8) is 0 Å². The molecule has 34 heavy (non-hydrogen) atoms. The molecule has 2 rings (SSSR count). The van der Waals surface area contributed by atoms with E-state index in [0.29, 0.717) is 0 Å². The fourth-order valence-corrected chi connectivity index (χ4v) is 3.14. The maximum Gasteiger partial charge on any atom is 2.00 e. The maximum absolute atomic E-state index is 10.7. The predicted octanol–water partition coefficient (Wildman–Crippen LogP) is 2.46. The zero-order valence-corrected chi connectivity index (χ0v) is 22.3. The van der Waals surface area contributed by atoms with Gasteiger partial charge in [0.05, 0.1) is 6.61 Å². The van der Waals surface area contributed by atoms with E-state index in [9.17, 15) is 28.8 Å². The first-order chi connectivity index (χ1) is 12.9. The van der Waals surface area contributed by atoms with Crippen LogP contribution in [0.4, 0.5) is 0 Å². The number of hydrogen-bond donors (Lipinski definition) is 4. The minimum absolute atomic E-state index is 0. The Balaban J connectivity index is -0.0000000980. The van der Waals surface area contributed by atoms with E-state index in [1.807, 2.05) is 0 Å². The van der Waals surface area contributed by atoms with E-state index in [0.717, 1.165) is 0 Å². The molecule has 0 radical (unpaired) electrons. The Morgan fingerprint density at radius 2 is 1.09 bits per heavy atom. The Kier molecular flexibility index (Phi) is 24.6. The number of nitrogens with two attached hydrogens (primary N) is 4. The van der Waals surface area contributed by atoms with E-state index in [-0.39, 0.29) is 111 Å². The van der Waals surface area contributed by atoms with Crippen molar-refractivity contribution in [1.82, 2.24) is 0 Å². The maximum atomic E-state index is 10.7. The third kappa shape index (κ3) is 10.1. The summed E-state index contributed by atoms with van der Waals surface area (Å²) in [6.45, 7) is 1.55. The molecule has 0 bridgehead atoms. The van der Waals surface area contributed by atoms with Crippen molar-refractivity contribution in [2.24, 2.45) is 16.7 Å². The topological polar surface area (TPSA) is 336 Å². The molecule has 0 spiro atoms. The number of carboxylic acids is 4. The summed E-state index contributed by atoms with van der Waals surface area (Å²) in [5.74, 6) is -6.10. The molecule has 0 saturated heterocycles. The molecule has 16 nitrogen and oxygen atoms in total. The number of carboxylic acid groups (broad SMARTS) is 4. The molecule has 0 aromatic carbocycles. The Morgan fingerprint density at radius 1 is 0.765 bits per heavy atom. The quantitative estimate of drug-likeness (QED) is 0.155. The Hall–Kier alpha value is -1.96. The van der Waals surface area contributed by atoms with Crippen molar-refractivity contribution in [2.45, 2.75) is 38.7 Å². The van der Waals surface area contributed by atoms with E-state index < -0.39 is 46.8 Å². The van der Waals surface area contributed by atoms with Crippen molar-refractivity contribution < 1.29 is 101 Å². The molecule has 18 heteroatoms. The van der Waals surface area contributed by atoms with Crippen LogP contribution in [-0.4, -0.2) is 69.5 Å². The van der Waals surface area contributed by atoms with Crippen LogP contribution in [-0.2, 0) is 80.4 Å². The SMILES string of the molecule is CC(=O)OC1CC(C(=O)O)(C(=O)O)C1.O=COCC1CC(C(=O)O)(C(=O)O)C1.[NH2-].[NH2-].[NH2-].[NH2-].[Pt+2].[Pt+2]. The van der Waals surface area contributed by atoms with Crippen molar-refractivity contribution in [2.75, 3.05) is 6.61 Å².